The van der Waals surface area contributed by atoms with Crippen LogP contribution in [0.15, 0.2) is 42.5 Å². The summed E-state index contributed by atoms with van der Waals surface area (Å²) in [6.07, 6.45) is 2.21. The van der Waals surface area contributed by atoms with Crippen LogP contribution in [0, 0.1) is 21.4 Å². The molecule has 1 amide bonds. The molecule has 4 heterocycles. The van der Waals surface area contributed by atoms with E-state index in [0.717, 1.165) is 11.3 Å². The number of thiazole rings is 1. The first-order chi connectivity index (χ1) is 17.5. The number of non-ortho nitro benzene ring substituents is 1. The highest BCUT2D eigenvalue weighted by Gasteiger charge is 2.66. The molecule has 37 heavy (non-hydrogen) atoms. The fourth-order valence-corrected chi connectivity index (χ4v) is 6.87. The zero-order valence-corrected chi connectivity index (χ0v) is 20.5. The molecule has 0 aliphatic carbocycles. The number of fused-ring (bicyclic) bond motifs is 2. The van der Waals surface area contributed by atoms with Gasteiger partial charge in [-0.2, -0.15) is 0 Å². The Morgan fingerprint density at radius 3 is 2.54 bits per heavy atom. The van der Waals surface area contributed by atoms with Crippen molar-refractivity contribution in [3.8, 4) is 0 Å². The maximum Gasteiger partial charge on any atom is 0.352 e. The maximum atomic E-state index is 13.0. The monoisotopic (exact) mass is 526 g/mol. The second-order valence-corrected chi connectivity index (χ2v) is 10.5. The van der Waals surface area contributed by atoms with Gasteiger partial charge in [0.1, 0.15) is 29.2 Å². The number of nitro groups is 1. The number of imidazole rings is 1. The Kier molecular flexibility index (Phi) is 5.73. The summed E-state index contributed by atoms with van der Waals surface area (Å²) in [4.78, 5) is 54.5. The summed E-state index contributed by atoms with van der Waals surface area (Å²) in [6.45, 7) is 2.56. The van der Waals surface area contributed by atoms with Crippen molar-refractivity contribution in [3.63, 3.8) is 0 Å². The van der Waals surface area contributed by atoms with Gasteiger partial charge in [0.05, 0.1) is 27.9 Å². The molecule has 0 radical (unpaired) electrons. The van der Waals surface area contributed by atoms with Gasteiger partial charge < -0.3 is 20.2 Å². The molecule has 2 aliphatic rings. The standard InChI is InChI=1S/C24H22N4O8S/c1-11(30)16-20-24(2,7-12-3-5-13(6-4-12)28(35)36)17(19(23(33)34)27(20)21(16)32)15-8-26-10-25-18(14(31)9-29)22(26)37-15/h3-6,8,10-11,16,20,29-30H,7,9H2,1-2H3,(H,33,34)/t11-,16-,20-,24+/m1/s1. The SMILES string of the molecule is C[C@@H](O)[C@H]1C(=O)N2C(C(=O)O)=C(c3cn4cnc(C(=O)CO)c4s3)[C@](C)(Cc3ccc([N+](=O)[O-])cc3)[C@@H]12. The van der Waals surface area contributed by atoms with Crippen LogP contribution < -0.4 is 0 Å². The lowest BCUT2D eigenvalue weighted by Gasteiger charge is -2.51. The lowest BCUT2D eigenvalue weighted by molar-refractivity contribution is -0.384. The minimum absolute atomic E-state index is 0.0486. The highest BCUT2D eigenvalue weighted by molar-refractivity contribution is 7.18. The largest absolute Gasteiger partial charge is 0.477 e. The Labute approximate surface area is 213 Å². The summed E-state index contributed by atoms with van der Waals surface area (Å²) in [5.74, 6) is -3.23. The van der Waals surface area contributed by atoms with Gasteiger partial charge in [-0.3, -0.25) is 24.1 Å². The van der Waals surface area contributed by atoms with Crippen molar-refractivity contribution in [1.29, 1.82) is 0 Å². The number of amides is 1. The Balaban J connectivity index is 1.69. The molecule has 2 aromatic heterocycles. The van der Waals surface area contributed by atoms with Gasteiger partial charge in [0.25, 0.3) is 5.69 Å². The third-order valence-electron chi connectivity index (χ3n) is 7.15. The number of β-lactam (4-membered cyclic amide) rings is 1. The lowest BCUT2D eigenvalue weighted by Crippen LogP contribution is -2.66. The Bertz CT molecular complexity index is 1500. The first-order valence-electron chi connectivity index (χ1n) is 11.3. The highest BCUT2D eigenvalue weighted by Crippen LogP contribution is 2.59. The molecule has 4 atom stereocenters. The van der Waals surface area contributed by atoms with Crippen molar-refractivity contribution in [3.05, 3.63) is 68.7 Å². The third-order valence-corrected chi connectivity index (χ3v) is 8.28. The van der Waals surface area contributed by atoms with E-state index in [0.29, 0.717) is 20.8 Å². The van der Waals surface area contributed by atoms with Crippen LogP contribution in [0.2, 0.25) is 0 Å². The molecule has 3 aromatic rings. The number of carboxylic acid groups (broad SMARTS) is 1. The molecule has 0 spiro atoms. The van der Waals surface area contributed by atoms with Crippen molar-refractivity contribution in [1.82, 2.24) is 14.3 Å². The number of nitro benzene ring substituents is 1. The van der Waals surface area contributed by atoms with Crippen molar-refractivity contribution < 1.29 is 34.6 Å². The number of hydrogen-bond donors (Lipinski definition) is 3. The lowest BCUT2D eigenvalue weighted by atomic mass is 9.64. The van der Waals surface area contributed by atoms with E-state index in [1.54, 1.807) is 22.7 Å². The Morgan fingerprint density at radius 1 is 1.30 bits per heavy atom. The molecule has 12 nitrogen and oxygen atoms in total. The molecule has 0 saturated carbocycles. The van der Waals surface area contributed by atoms with E-state index in [4.69, 9.17) is 0 Å². The van der Waals surface area contributed by atoms with Crippen LogP contribution in [0.25, 0.3) is 10.4 Å². The highest BCUT2D eigenvalue weighted by atomic mass is 32.1. The molecule has 0 bridgehead atoms. The molecule has 192 valence electrons. The average Bonchev–Trinajstić information content (AvgIpc) is 3.47. The van der Waals surface area contributed by atoms with Gasteiger partial charge in [-0.25, -0.2) is 9.78 Å². The van der Waals surface area contributed by atoms with Crippen molar-refractivity contribution >= 4 is 45.1 Å². The van der Waals surface area contributed by atoms with Gasteiger partial charge >= 0.3 is 5.97 Å². The van der Waals surface area contributed by atoms with Crippen LogP contribution in [-0.4, -0.2) is 70.9 Å². The molecule has 13 heteroatoms. The van der Waals surface area contributed by atoms with E-state index in [1.165, 1.54) is 30.3 Å². The molecule has 1 saturated heterocycles. The summed E-state index contributed by atoms with van der Waals surface area (Å²) in [7, 11) is 0. The van der Waals surface area contributed by atoms with Crippen LogP contribution >= 0.6 is 11.3 Å². The number of ketones is 1. The van der Waals surface area contributed by atoms with Crippen LogP contribution in [-0.2, 0) is 16.0 Å². The van der Waals surface area contributed by atoms with Gasteiger partial charge in [0.2, 0.25) is 11.7 Å². The minimum atomic E-state index is -1.31. The predicted octanol–water partition coefficient (Wildman–Crippen LogP) is 1.75. The second-order valence-electron chi connectivity index (χ2n) is 9.45. The van der Waals surface area contributed by atoms with Crippen LogP contribution in [0.3, 0.4) is 0 Å². The zero-order chi connectivity index (χ0) is 26.8. The normalized spacial score (nSPS) is 23.8. The number of aliphatic hydroxyl groups is 2. The molecule has 5 rings (SSSR count). The van der Waals surface area contributed by atoms with E-state index in [1.807, 2.05) is 6.92 Å². The number of benzene rings is 1. The number of rotatable bonds is 8. The van der Waals surface area contributed by atoms with Crippen molar-refractivity contribution in [2.75, 3.05) is 6.61 Å². The number of Topliss-reactive ketones (excluding diaryl/α,β-unsaturated/α-hetero) is 1. The summed E-state index contributed by atoms with van der Waals surface area (Å²) < 4.78 is 1.56. The molecular weight excluding hydrogens is 504 g/mol. The number of carboxylic acids is 1. The van der Waals surface area contributed by atoms with Crippen molar-refractivity contribution in [2.24, 2.45) is 11.3 Å². The number of hydrogen-bond acceptors (Lipinski definition) is 9. The summed E-state index contributed by atoms with van der Waals surface area (Å²) in [6, 6.07) is 5.22. The van der Waals surface area contributed by atoms with Gasteiger partial charge in [-0.15, -0.1) is 11.3 Å². The number of nitrogens with zero attached hydrogens (tertiary/aromatic N) is 4. The quantitative estimate of drug-likeness (QED) is 0.171. The number of aromatic nitrogens is 2. The summed E-state index contributed by atoms with van der Waals surface area (Å²) in [5.41, 5.74) is -0.211. The Hall–Kier alpha value is -3.94. The third kappa shape index (κ3) is 3.57. The van der Waals surface area contributed by atoms with Crippen LogP contribution in [0.4, 0.5) is 5.69 Å². The van der Waals surface area contributed by atoms with E-state index >= 15 is 0 Å². The molecule has 1 fully saturated rings. The summed E-state index contributed by atoms with van der Waals surface area (Å²) in [5, 5.41) is 41.0. The molecule has 2 aliphatic heterocycles. The Morgan fingerprint density at radius 2 is 1.97 bits per heavy atom. The molecule has 3 N–H and O–H groups in total. The van der Waals surface area contributed by atoms with E-state index in [2.05, 4.69) is 4.98 Å². The van der Waals surface area contributed by atoms with Crippen LogP contribution in [0.5, 0.6) is 0 Å². The second kappa shape index (κ2) is 8.57. The van der Waals surface area contributed by atoms with Gasteiger partial charge in [-0.05, 0) is 18.9 Å². The van der Waals surface area contributed by atoms with E-state index in [9.17, 15) is 39.8 Å². The van der Waals surface area contributed by atoms with Crippen molar-refractivity contribution in [2.45, 2.75) is 32.4 Å². The number of carbonyl (C=O) groups is 3. The smallest absolute Gasteiger partial charge is 0.352 e. The first-order valence-corrected chi connectivity index (χ1v) is 12.1. The molecule has 0 unspecified atom stereocenters. The maximum absolute atomic E-state index is 13.0. The van der Waals surface area contributed by atoms with E-state index < -0.39 is 52.7 Å². The fraction of sp³-hybridized carbons (Fsp3) is 0.333. The zero-order valence-electron chi connectivity index (χ0n) is 19.7. The summed E-state index contributed by atoms with van der Waals surface area (Å²) >= 11 is 1.11. The van der Waals surface area contributed by atoms with Gasteiger partial charge in [-0.1, -0.05) is 19.1 Å². The number of carbonyl (C=O) groups excluding carboxylic acids is 2. The topological polar surface area (TPSA) is 176 Å². The molecular formula is C24H22N4O8S. The minimum Gasteiger partial charge on any atom is -0.477 e. The average molecular weight is 527 g/mol. The predicted molar refractivity (Wildman–Crippen MR) is 130 cm³/mol. The van der Waals surface area contributed by atoms with Gasteiger partial charge in [0, 0.05) is 29.3 Å². The van der Waals surface area contributed by atoms with Gasteiger partial charge in [0.15, 0.2) is 0 Å². The van der Waals surface area contributed by atoms with E-state index in [-0.39, 0.29) is 23.5 Å². The first kappa shape index (κ1) is 24.7. The molecule has 1 aromatic carbocycles. The van der Waals surface area contributed by atoms with Crippen LogP contribution in [0.1, 0.15) is 34.8 Å². The number of aliphatic hydroxyl groups excluding tert-OH is 2. The fourth-order valence-electron chi connectivity index (χ4n) is 5.59. The number of aliphatic carboxylic acids is 1.